The Balaban J connectivity index is 1.48. The molecular weight excluding hydrogens is 412 g/mol. The number of hydrogen-bond donors (Lipinski definition) is 2. The number of aliphatic hydroxyl groups excluding tert-OH is 2. The lowest BCUT2D eigenvalue weighted by molar-refractivity contribution is -0.233. The van der Waals surface area contributed by atoms with Gasteiger partial charge >= 0.3 is 5.97 Å². The molecule has 5 saturated carbocycles. The van der Waals surface area contributed by atoms with Crippen LogP contribution in [-0.2, 0) is 9.53 Å². The molecule has 0 saturated heterocycles. The normalized spacial score (nSPS) is 44.0. The zero-order valence-corrected chi connectivity index (χ0v) is 19.0. The molecule has 1 aromatic rings. The number of Topliss-reactive ketones (excluding diaryl/α,β-unsaturated/α-hetero) is 1. The van der Waals surface area contributed by atoms with Crippen LogP contribution in [0.3, 0.4) is 0 Å². The minimum Gasteiger partial charge on any atom is -0.461 e. The van der Waals surface area contributed by atoms with Gasteiger partial charge in [0.05, 0.1) is 18.1 Å². The summed E-state index contributed by atoms with van der Waals surface area (Å²) in [5, 5.41) is 24.1. The zero-order chi connectivity index (χ0) is 22.0. The summed E-state index contributed by atoms with van der Waals surface area (Å²) in [6.45, 7) is 6.49. The highest BCUT2D eigenvalue weighted by molar-refractivity contribution is 7.11. The van der Waals surface area contributed by atoms with E-state index in [0.717, 1.165) is 32.1 Å². The molecule has 5 aliphatic carbocycles. The first-order valence-electron chi connectivity index (χ1n) is 11.5. The maximum Gasteiger partial charge on any atom is 0.348 e. The van der Waals surface area contributed by atoms with E-state index in [1.54, 1.807) is 6.07 Å². The summed E-state index contributed by atoms with van der Waals surface area (Å²) < 4.78 is 5.76. The van der Waals surface area contributed by atoms with Crippen LogP contribution in [-0.4, -0.2) is 41.3 Å². The number of rotatable bonds is 4. The molecule has 5 fully saturated rings. The summed E-state index contributed by atoms with van der Waals surface area (Å²) >= 11 is 1.37. The quantitative estimate of drug-likeness (QED) is 0.542. The summed E-state index contributed by atoms with van der Waals surface area (Å²) in [6, 6.07) is 3.60. The Labute approximate surface area is 187 Å². The second-order valence-electron chi connectivity index (χ2n) is 10.7. The minimum absolute atomic E-state index is 0.000857. The molecule has 6 rings (SSSR count). The third kappa shape index (κ3) is 2.80. The van der Waals surface area contributed by atoms with Crippen LogP contribution in [0.25, 0.3) is 0 Å². The molecule has 6 heteroatoms. The Morgan fingerprint density at radius 1 is 1.29 bits per heavy atom. The van der Waals surface area contributed by atoms with Gasteiger partial charge in [0.15, 0.2) is 5.78 Å². The number of hydrogen-bond acceptors (Lipinski definition) is 6. The van der Waals surface area contributed by atoms with Gasteiger partial charge in [0, 0.05) is 17.4 Å². The van der Waals surface area contributed by atoms with Gasteiger partial charge in [-0.2, -0.15) is 0 Å². The molecule has 0 radical (unpaired) electrons. The van der Waals surface area contributed by atoms with Gasteiger partial charge in [0.2, 0.25) is 0 Å². The van der Waals surface area contributed by atoms with E-state index in [0.29, 0.717) is 23.3 Å². The van der Waals surface area contributed by atoms with Crippen molar-refractivity contribution < 1.29 is 24.5 Å². The lowest BCUT2D eigenvalue weighted by Crippen LogP contribution is -2.70. The monoisotopic (exact) mass is 444 g/mol. The molecule has 1 heterocycles. The molecular formula is C25H32O5S. The number of aliphatic hydroxyl groups is 2. The Morgan fingerprint density at radius 2 is 2.10 bits per heavy atom. The Bertz CT molecular complexity index is 909. The predicted octanol–water partition coefficient (Wildman–Crippen LogP) is 4.00. The maximum absolute atomic E-state index is 13.4. The number of carbonyl (C=O) groups is 2. The molecule has 0 aliphatic heterocycles. The Kier molecular flexibility index (Phi) is 5.00. The third-order valence-corrected chi connectivity index (χ3v) is 10.3. The molecule has 2 N–H and O–H groups in total. The van der Waals surface area contributed by atoms with E-state index in [4.69, 9.17) is 4.74 Å². The van der Waals surface area contributed by atoms with Crippen LogP contribution in [0.4, 0.5) is 0 Å². The fraction of sp³-hybridized carbons (Fsp3) is 0.680. The van der Waals surface area contributed by atoms with Crippen molar-refractivity contribution in [2.75, 3.05) is 13.2 Å². The average Bonchev–Trinajstić information content (AvgIpc) is 3.31. The molecule has 5 nitrogen and oxygen atoms in total. The van der Waals surface area contributed by atoms with Gasteiger partial charge < -0.3 is 14.9 Å². The van der Waals surface area contributed by atoms with E-state index < -0.39 is 16.9 Å². The Morgan fingerprint density at radius 3 is 2.81 bits per heavy atom. The summed E-state index contributed by atoms with van der Waals surface area (Å²) in [7, 11) is 0. The van der Waals surface area contributed by atoms with Crippen molar-refractivity contribution in [1.82, 2.24) is 0 Å². The van der Waals surface area contributed by atoms with Crippen molar-refractivity contribution in [3.05, 3.63) is 34.5 Å². The highest BCUT2D eigenvalue weighted by Crippen LogP contribution is 2.71. The number of ketones is 1. The first kappa shape index (κ1) is 21.4. The molecule has 1 spiro atoms. The number of ether oxygens (including phenoxy) is 1. The first-order chi connectivity index (χ1) is 14.8. The van der Waals surface area contributed by atoms with E-state index in [1.807, 2.05) is 11.4 Å². The van der Waals surface area contributed by atoms with Crippen molar-refractivity contribution in [3.8, 4) is 0 Å². The van der Waals surface area contributed by atoms with E-state index >= 15 is 0 Å². The van der Waals surface area contributed by atoms with Gasteiger partial charge in [-0.1, -0.05) is 26.0 Å². The second kappa shape index (κ2) is 7.26. The summed E-state index contributed by atoms with van der Waals surface area (Å²) in [5.74, 6) is -0.148. The molecule has 168 valence electrons. The lowest BCUT2D eigenvalue weighted by atomic mass is 9.35. The molecule has 1 aromatic heterocycles. The summed E-state index contributed by atoms with van der Waals surface area (Å²) in [6.07, 6.45) is 4.81. The fourth-order valence-electron chi connectivity index (χ4n) is 7.97. The van der Waals surface area contributed by atoms with Gasteiger partial charge in [-0.05, 0) is 73.3 Å². The van der Waals surface area contributed by atoms with Crippen molar-refractivity contribution in [2.24, 2.45) is 34.0 Å². The van der Waals surface area contributed by atoms with E-state index in [9.17, 15) is 19.8 Å². The van der Waals surface area contributed by atoms with Crippen molar-refractivity contribution >= 4 is 23.1 Å². The number of thiophene rings is 1. The summed E-state index contributed by atoms with van der Waals surface area (Å²) in [4.78, 5) is 26.5. The zero-order valence-electron chi connectivity index (χ0n) is 18.1. The van der Waals surface area contributed by atoms with Crippen LogP contribution in [0.1, 0.15) is 61.5 Å². The predicted molar refractivity (Wildman–Crippen MR) is 118 cm³/mol. The molecule has 7 atom stereocenters. The van der Waals surface area contributed by atoms with Crippen molar-refractivity contribution in [1.29, 1.82) is 0 Å². The van der Waals surface area contributed by atoms with Crippen LogP contribution in [0.2, 0.25) is 0 Å². The highest BCUT2D eigenvalue weighted by atomic mass is 32.1. The van der Waals surface area contributed by atoms with E-state index in [2.05, 4.69) is 13.5 Å². The fourth-order valence-corrected chi connectivity index (χ4v) is 8.59. The van der Waals surface area contributed by atoms with E-state index in [1.165, 1.54) is 11.3 Å². The van der Waals surface area contributed by atoms with Crippen molar-refractivity contribution in [2.45, 2.75) is 58.0 Å². The molecule has 31 heavy (non-hydrogen) atoms. The van der Waals surface area contributed by atoms with Gasteiger partial charge in [-0.25, -0.2) is 4.79 Å². The average molecular weight is 445 g/mol. The number of esters is 1. The molecule has 0 aromatic carbocycles. The lowest BCUT2D eigenvalue weighted by Gasteiger charge is -2.68. The standard InChI is InChI=1S/C25H32O5S/c1-15-16-6-9-25(21(15)28)19(11-16)24(13-26)8-4-7-23(2,18(24)12-20(25)27)14-30-22(29)17-5-3-10-31-17/h3,5,10,16,18-20,26-27H,1,4,6-9,11-14H2,2H3/t16-,18?,19?,20+,23-,24-,25+/m0/s1. The molecule has 0 amide bonds. The van der Waals surface area contributed by atoms with Gasteiger partial charge in [-0.15, -0.1) is 11.3 Å². The smallest absolute Gasteiger partial charge is 0.348 e. The maximum atomic E-state index is 13.4. The van der Waals surface area contributed by atoms with Gasteiger partial charge in [0.1, 0.15) is 4.88 Å². The number of allylic oxidation sites excluding steroid dienone is 1. The first-order valence-corrected chi connectivity index (χ1v) is 12.4. The van der Waals surface area contributed by atoms with Crippen LogP contribution >= 0.6 is 11.3 Å². The number of fused-ring (bicyclic) bond motifs is 3. The SMILES string of the molecule is C=C1C(=O)[C@]23CC[C@H]1CC2[C@]1(CO)CCC[C@@](C)(COC(=O)c2cccs2)C1C[C@H]3O. The topological polar surface area (TPSA) is 83.8 Å². The molecule has 5 aliphatic rings. The van der Waals surface area contributed by atoms with E-state index in [-0.39, 0.29) is 48.1 Å². The van der Waals surface area contributed by atoms with Crippen LogP contribution in [0.15, 0.2) is 29.7 Å². The van der Waals surface area contributed by atoms with Gasteiger partial charge in [-0.3, -0.25) is 4.79 Å². The number of carbonyl (C=O) groups excluding carboxylic acids is 2. The molecule has 2 unspecified atom stereocenters. The second-order valence-corrected chi connectivity index (χ2v) is 11.6. The van der Waals surface area contributed by atoms with Crippen LogP contribution < -0.4 is 0 Å². The van der Waals surface area contributed by atoms with Crippen molar-refractivity contribution in [3.63, 3.8) is 0 Å². The van der Waals surface area contributed by atoms with Crippen LogP contribution in [0.5, 0.6) is 0 Å². The summed E-state index contributed by atoms with van der Waals surface area (Å²) in [5.41, 5.74) is -0.877. The van der Waals surface area contributed by atoms with Crippen LogP contribution in [0, 0.1) is 34.0 Å². The largest absolute Gasteiger partial charge is 0.461 e. The minimum atomic E-state index is -0.795. The highest BCUT2D eigenvalue weighted by Gasteiger charge is 2.71. The Hall–Kier alpha value is -1.50. The molecule has 2 bridgehead atoms. The third-order valence-electron chi connectivity index (χ3n) is 9.48. The van der Waals surface area contributed by atoms with Gasteiger partial charge in [0.25, 0.3) is 0 Å².